The molecule has 2 aliphatic rings. The van der Waals surface area contributed by atoms with Crippen LogP contribution in [0.15, 0.2) is 52.6 Å². The maximum Gasteiger partial charge on any atom is 0.276 e. The smallest absolute Gasteiger partial charge is 0.276 e. The average molecular weight is 419 g/mol. The third kappa shape index (κ3) is 3.45. The largest absolute Gasteiger partial charge is 0.298 e. The Labute approximate surface area is 170 Å². The van der Waals surface area contributed by atoms with Crippen LogP contribution in [0.4, 0.5) is 0 Å². The van der Waals surface area contributed by atoms with Gasteiger partial charge in [0.05, 0.1) is 15.4 Å². The summed E-state index contributed by atoms with van der Waals surface area (Å²) in [6, 6.07) is 12.9. The number of nitrogens with one attached hydrogen (secondary N) is 1. The molecule has 4 rings (SSSR count). The molecule has 27 heavy (non-hydrogen) atoms. The molecular weight excluding hydrogens is 403 g/mol. The fourth-order valence-corrected chi connectivity index (χ4v) is 4.00. The van der Waals surface area contributed by atoms with E-state index in [0.717, 1.165) is 28.3 Å². The average Bonchev–Trinajstić information content (AvgIpc) is 2.67. The van der Waals surface area contributed by atoms with E-state index in [9.17, 15) is 4.79 Å². The monoisotopic (exact) mass is 418 g/mol. The van der Waals surface area contributed by atoms with Crippen LogP contribution in [0.25, 0.3) is 5.70 Å². The number of amides is 1. The lowest BCUT2D eigenvalue weighted by atomic mass is 10.1. The van der Waals surface area contributed by atoms with Gasteiger partial charge in [-0.1, -0.05) is 66.2 Å². The quantitative estimate of drug-likeness (QED) is 0.831. The zero-order valence-electron chi connectivity index (χ0n) is 14.4. The summed E-state index contributed by atoms with van der Waals surface area (Å²) in [7, 11) is 0. The molecule has 0 bridgehead atoms. The Morgan fingerprint density at radius 3 is 2.78 bits per heavy atom. The second-order valence-electron chi connectivity index (χ2n) is 6.09. The first-order valence-electron chi connectivity index (χ1n) is 8.52. The van der Waals surface area contributed by atoms with Gasteiger partial charge in [0.1, 0.15) is 5.70 Å². The van der Waals surface area contributed by atoms with Crippen molar-refractivity contribution in [2.75, 3.05) is 5.75 Å². The lowest BCUT2D eigenvalue weighted by Crippen LogP contribution is -2.50. The molecule has 5 nitrogen and oxygen atoms in total. The van der Waals surface area contributed by atoms with Crippen molar-refractivity contribution in [2.45, 2.75) is 19.5 Å². The van der Waals surface area contributed by atoms with E-state index >= 15 is 0 Å². The summed E-state index contributed by atoms with van der Waals surface area (Å²) in [5.74, 6) is 0.684. The van der Waals surface area contributed by atoms with Gasteiger partial charge in [-0.3, -0.25) is 15.1 Å². The van der Waals surface area contributed by atoms with Crippen molar-refractivity contribution in [1.82, 2.24) is 10.3 Å². The van der Waals surface area contributed by atoms with Crippen LogP contribution >= 0.6 is 35.0 Å². The van der Waals surface area contributed by atoms with Crippen molar-refractivity contribution in [3.05, 3.63) is 68.6 Å². The van der Waals surface area contributed by atoms with Crippen LogP contribution in [0.3, 0.4) is 0 Å². The lowest BCUT2D eigenvalue weighted by Gasteiger charge is -2.34. The number of para-hydroxylation sites is 1. The Hall–Kier alpha value is -2.02. The van der Waals surface area contributed by atoms with Gasteiger partial charge in [0, 0.05) is 11.0 Å². The Morgan fingerprint density at radius 1 is 1.19 bits per heavy atom. The number of hydrogen-bond acceptors (Lipinski definition) is 5. The number of fused-ring (bicyclic) bond motifs is 2. The van der Waals surface area contributed by atoms with Gasteiger partial charge in [-0.15, -0.1) is 5.10 Å². The van der Waals surface area contributed by atoms with Gasteiger partial charge in [0.25, 0.3) is 5.91 Å². The predicted molar refractivity (Wildman–Crippen MR) is 110 cm³/mol. The molecule has 1 atom stereocenters. The van der Waals surface area contributed by atoms with E-state index in [4.69, 9.17) is 28.2 Å². The molecule has 0 aliphatic carbocycles. The molecule has 1 N–H and O–H groups in total. The fourth-order valence-electron chi connectivity index (χ4n) is 2.98. The molecule has 0 saturated heterocycles. The van der Waals surface area contributed by atoms with Crippen LogP contribution in [-0.2, 0) is 4.79 Å². The van der Waals surface area contributed by atoms with Crippen molar-refractivity contribution in [3.63, 3.8) is 0 Å². The normalized spacial score (nSPS) is 18.3. The summed E-state index contributed by atoms with van der Waals surface area (Å²) in [4.78, 5) is 17.7. The second kappa shape index (κ2) is 7.54. The first-order chi connectivity index (χ1) is 13.1. The standard InChI is InChI=1S/C19H16Cl2N4OS/c1-2-9-27-19-23-18(26)16-12-5-3-4-6-15(12)22-17(25(16)24-19)11-7-8-13(20)14(21)10-11/h3-8,10,17H,2,9H2,1H3,(H,23,24,26). The van der Waals surface area contributed by atoms with Crippen LogP contribution in [0.2, 0.25) is 10.0 Å². The summed E-state index contributed by atoms with van der Waals surface area (Å²) in [6.45, 7) is 2.08. The topological polar surface area (TPSA) is 57.1 Å². The van der Waals surface area contributed by atoms with Crippen molar-refractivity contribution in [1.29, 1.82) is 0 Å². The summed E-state index contributed by atoms with van der Waals surface area (Å²) in [5.41, 5.74) is 1.30. The zero-order valence-corrected chi connectivity index (χ0v) is 16.8. The van der Waals surface area contributed by atoms with Crippen LogP contribution in [-0.4, -0.2) is 21.8 Å². The number of amidine groups is 1. The van der Waals surface area contributed by atoms with Crippen LogP contribution < -0.4 is 15.9 Å². The summed E-state index contributed by atoms with van der Waals surface area (Å²) >= 11 is 13.8. The summed E-state index contributed by atoms with van der Waals surface area (Å²) < 4.78 is 0. The molecule has 0 radical (unpaired) electrons. The fraction of sp³-hybridized carbons (Fsp3) is 0.211. The Morgan fingerprint density at radius 2 is 2.00 bits per heavy atom. The Balaban J connectivity index is 1.90. The number of thioether (sulfide) groups is 1. The third-order valence-corrected chi connectivity index (χ3v) is 6.01. The number of hydrogen-bond donors (Lipinski definition) is 1. The van der Waals surface area contributed by atoms with Gasteiger partial charge in [0.2, 0.25) is 0 Å². The van der Waals surface area contributed by atoms with E-state index in [1.807, 2.05) is 30.3 Å². The Bertz CT molecular complexity index is 1070. The van der Waals surface area contributed by atoms with E-state index in [1.54, 1.807) is 17.1 Å². The molecule has 0 aromatic heterocycles. The molecule has 8 heteroatoms. The lowest BCUT2D eigenvalue weighted by molar-refractivity contribution is -0.116. The molecule has 0 spiro atoms. The minimum Gasteiger partial charge on any atom is -0.298 e. The number of carbonyl (C=O) groups excluding carboxylic acids is 1. The van der Waals surface area contributed by atoms with Gasteiger partial charge in [-0.2, -0.15) is 0 Å². The van der Waals surface area contributed by atoms with E-state index in [-0.39, 0.29) is 5.91 Å². The molecule has 0 saturated carbocycles. The SMILES string of the molecule is CCCSC1=NN2C(=c3ccccc3=NC2c2ccc(Cl)c(Cl)c2)C(=O)N1. The Kier molecular flexibility index (Phi) is 5.12. The molecule has 2 heterocycles. The highest BCUT2D eigenvalue weighted by molar-refractivity contribution is 8.13. The number of nitrogens with zero attached hydrogens (tertiary/aromatic N) is 3. The highest BCUT2D eigenvalue weighted by atomic mass is 35.5. The van der Waals surface area contributed by atoms with E-state index in [2.05, 4.69) is 17.3 Å². The number of halogens is 2. The van der Waals surface area contributed by atoms with E-state index < -0.39 is 6.17 Å². The number of benzene rings is 2. The first-order valence-corrected chi connectivity index (χ1v) is 10.3. The van der Waals surface area contributed by atoms with E-state index in [0.29, 0.717) is 20.9 Å². The molecule has 2 aromatic rings. The maximum absolute atomic E-state index is 12.9. The maximum atomic E-state index is 12.9. The van der Waals surface area contributed by atoms with Crippen molar-refractivity contribution >= 4 is 51.7 Å². The summed E-state index contributed by atoms with van der Waals surface area (Å²) in [5, 5.41) is 12.2. The highest BCUT2D eigenvalue weighted by Gasteiger charge is 2.34. The van der Waals surface area contributed by atoms with Crippen molar-refractivity contribution in [2.24, 2.45) is 10.1 Å². The highest BCUT2D eigenvalue weighted by Crippen LogP contribution is 2.33. The molecule has 138 valence electrons. The number of carbonyl (C=O) groups is 1. The molecule has 1 unspecified atom stereocenters. The molecule has 2 aromatic carbocycles. The van der Waals surface area contributed by atoms with E-state index in [1.165, 1.54) is 11.8 Å². The van der Waals surface area contributed by atoms with Crippen LogP contribution in [0.5, 0.6) is 0 Å². The molecular formula is C19H16Cl2N4OS. The van der Waals surface area contributed by atoms with Crippen molar-refractivity contribution in [3.8, 4) is 0 Å². The molecule has 0 fully saturated rings. The van der Waals surface area contributed by atoms with Crippen LogP contribution in [0, 0.1) is 0 Å². The minimum absolute atomic E-state index is 0.184. The van der Waals surface area contributed by atoms with Crippen molar-refractivity contribution < 1.29 is 4.79 Å². The van der Waals surface area contributed by atoms with Gasteiger partial charge >= 0.3 is 0 Å². The molecule has 2 aliphatic heterocycles. The minimum atomic E-state index is -0.493. The molecule has 1 amide bonds. The van der Waals surface area contributed by atoms with Gasteiger partial charge in [0.15, 0.2) is 11.3 Å². The van der Waals surface area contributed by atoms with Gasteiger partial charge in [-0.05, 0) is 30.2 Å². The van der Waals surface area contributed by atoms with Crippen LogP contribution in [0.1, 0.15) is 25.1 Å². The predicted octanol–water partition coefficient (Wildman–Crippen LogP) is 3.28. The zero-order chi connectivity index (χ0) is 19.0. The van der Waals surface area contributed by atoms with Gasteiger partial charge in [-0.25, -0.2) is 5.01 Å². The first kappa shape index (κ1) is 18.3. The number of hydrazone groups is 1. The van der Waals surface area contributed by atoms with Gasteiger partial charge < -0.3 is 0 Å². The number of rotatable bonds is 3. The summed E-state index contributed by atoms with van der Waals surface area (Å²) in [6.07, 6.45) is 0.493. The third-order valence-electron chi connectivity index (χ3n) is 4.20. The second-order valence-corrected chi connectivity index (χ2v) is 7.99.